The molecule has 1 amide bonds. The van der Waals surface area contributed by atoms with E-state index in [9.17, 15) is 9.90 Å². The fraction of sp³-hybridized carbons (Fsp3) is 0.500. The Morgan fingerprint density at radius 2 is 2.22 bits per heavy atom. The Labute approximate surface area is 107 Å². The molecule has 0 saturated heterocycles. The molecule has 4 nitrogen and oxygen atoms in total. The summed E-state index contributed by atoms with van der Waals surface area (Å²) in [6, 6.07) is 7.64. The van der Waals surface area contributed by atoms with Crippen molar-refractivity contribution in [2.24, 2.45) is 0 Å². The summed E-state index contributed by atoms with van der Waals surface area (Å²) in [4.78, 5) is 11.8. The highest BCUT2D eigenvalue weighted by Gasteiger charge is 2.31. The molecule has 2 rings (SSSR count). The van der Waals surface area contributed by atoms with Crippen LogP contribution in [0.1, 0.15) is 30.0 Å². The van der Waals surface area contributed by atoms with Gasteiger partial charge in [0.2, 0.25) is 5.91 Å². The second-order valence-electron chi connectivity index (χ2n) is 4.72. The maximum absolute atomic E-state index is 11.8. The van der Waals surface area contributed by atoms with Crippen LogP contribution in [0.5, 0.6) is 0 Å². The minimum Gasteiger partial charge on any atom is -0.390 e. The molecule has 0 heterocycles. The van der Waals surface area contributed by atoms with Crippen LogP contribution in [-0.2, 0) is 11.2 Å². The maximum Gasteiger partial charge on any atom is 0.220 e. The lowest BCUT2D eigenvalue weighted by molar-refractivity contribution is -0.122. The van der Waals surface area contributed by atoms with Crippen LogP contribution in [0.15, 0.2) is 24.3 Å². The quantitative estimate of drug-likeness (QED) is 0.674. The molecule has 2 unspecified atom stereocenters. The van der Waals surface area contributed by atoms with E-state index >= 15 is 0 Å². The second kappa shape index (κ2) is 5.98. The van der Waals surface area contributed by atoms with Gasteiger partial charge in [-0.05, 0) is 31.1 Å². The first kappa shape index (κ1) is 13.1. The number of hydrogen-bond acceptors (Lipinski definition) is 3. The molecule has 0 radical (unpaired) electrons. The molecule has 0 aromatic heterocycles. The van der Waals surface area contributed by atoms with Gasteiger partial charge in [0.25, 0.3) is 0 Å². The van der Waals surface area contributed by atoms with E-state index in [1.807, 2.05) is 31.3 Å². The van der Waals surface area contributed by atoms with Crippen LogP contribution in [-0.4, -0.2) is 30.7 Å². The van der Waals surface area contributed by atoms with Crippen LogP contribution in [0.3, 0.4) is 0 Å². The number of amides is 1. The third-order valence-electron chi connectivity index (χ3n) is 3.35. The number of aliphatic hydroxyl groups is 1. The highest BCUT2D eigenvalue weighted by atomic mass is 16.3. The summed E-state index contributed by atoms with van der Waals surface area (Å²) in [6.07, 6.45) is 1.42. The number of fused-ring (bicyclic) bond motifs is 1. The Kier molecular flexibility index (Phi) is 4.33. The highest BCUT2D eigenvalue weighted by molar-refractivity contribution is 5.76. The lowest BCUT2D eigenvalue weighted by Crippen LogP contribution is -2.34. The van der Waals surface area contributed by atoms with E-state index in [4.69, 9.17) is 0 Å². The van der Waals surface area contributed by atoms with Gasteiger partial charge in [0.15, 0.2) is 0 Å². The van der Waals surface area contributed by atoms with Crippen molar-refractivity contribution >= 4 is 5.91 Å². The van der Waals surface area contributed by atoms with Crippen LogP contribution in [0, 0.1) is 0 Å². The van der Waals surface area contributed by atoms with Crippen LogP contribution < -0.4 is 10.6 Å². The number of hydrogen-bond donors (Lipinski definition) is 3. The summed E-state index contributed by atoms with van der Waals surface area (Å²) in [6.45, 7) is 0.831. The molecule has 0 fully saturated rings. The van der Waals surface area contributed by atoms with E-state index in [0.717, 1.165) is 24.1 Å². The number of aliphatic hydroxyl groups excluding tert-OH is 1. The standard InChI is InChI=1S/C14H20N2O2/c1-15-8-4-7-13(18)16-14-11-6-3-2-5-10(11)9-12(14)17/h2-3,5-6,12,14-15,17H,4,7-9H2,1H3,(H,16,18). The number of carbonyl (C=O) groups excluding carboxylic acids is 1. The van der Waals surface area contributed by atoms with E-state index in [0.29, 0.717) is 12.8 Å². The van der Waals surface area contributed by atoms with Crippen LogP contribution in [0.4, 0.5) is 0 Å². The molecular weight excluding hydrogens is 228 g/mol. The van der Waals surface area contributed by atoms with E-state index in [2.05, 4.69) is 10.6 Å². The highest BCUT2D eigenvalue weighted by Crippen LogP contribution is 2.31. The molecule has 1 aliphatic rings. The molecular formula is C14H20N2O2. The van der Waals surface area contributed by atoms with Crippen molar-refractivity contribution in [1.82, 2.24) is 10.6 Å². The molecule has 0 saturated carbocycles. The van der Waals surface area contributed by atoms with Gasteiger partial charge in [0.05, 0.1) is 12.1 Å². The predicted octanol–water partition coefficient (Wildman–Crippen LogP) is 0.760. The molecule has 1 aromatic rings. The molecule has 4 heteroatoms. The minimum absolute atomic E-state index is 0.00556. The van der Waals surface area contributed by atoms with Gasteiger partial charge in [-0.25, -0.2) is 0 Å². The minimum atomic E-state index is -0.504. The van der Waals surface area contributed by atoms with E-state index in [1.54, 1.807) is 0 Å². The fourth-order valence-electron chi connectivity index (χ4n) is 2.42. The average Bonchev–Trinajstić information content (AvgIpc) is 2.67. The van der Waals surface area contributed by atoms with Gasteiger partial charge >= 0.3 is 0 Å². The molecule has 0 spiro atoms. The normalized spacial score (nSPS) is 21.7. The molecule has 1 aromatic carbocycles. The van der Waals surface area contributed by atoms with Crippen molar-refractivity contribution in [2.45, 2.75) is 31.4 Å². The van der Waals surface area contributed by atoms with Crippen LogP contribution in [0.25, 0.3) is 0 Å². The van der Waals surface area contributed by atoms with Crippen molar-refractivity contribution in [1.29, 1.82) is 0 Å². The molecule has 0 aliphatic heterocycles. The summed E-state index contributed by atoms with van der Waals surface area (Å²) in [5.74, 6) is 0.00556. The van der Waals surface area contributed by atoms with Crippen LogP contribution >= 0.6 is 0 Å². The predicted molar refractivity (Wildman–Crippen MR) is 70.2 cm³/mol. The zero-order valence-electron chi connectivity index (χ0n) is 10.6. The zero-order chi connectivity index (χ0) is 13.0. The summed E-state index contributed by atoms with van der Waals surface area (Å²) in [5, 5.41) is 15.9. The van der Waals surface area contributed by atoms with Gasteiger partial charge in [-0.2, -0.15) is 0 Å². The summed E-state index contributed by atoms with van der Waals surface area (Å²) < 4.78 is 0. The van der Waals surface area contributed by atoms with Gasteiger partial charge in [0, 0.05) is 12.8 Å². The Balaban J connectivity index is 1.95. The van der Waals surface area contributed by atoms with E-state index in [-0.39, 0.29) is 11.9 Å². The molecule has 1 aliphatic carbocycles. The van der Waals surface area contributed by atoms with Crippen molar-refractivity contribution < 1.29 is 9.90 Å². The van der Waals surface area contributed by atoms with Crippen molar-refractivity contribution in [3.8, 4) is 0 Å². The first-order chi connectivity index (χ1) is 8.72. The van der Waals surface area contributed by atoms with Gasteiger partial charge in [-0.1, -0.05) is 24.3 Å². The molecule has 2 atom stereocenters. The van der Waals surface area contributed by atoms with Crippen molar-refractivity contribution in [3.05, 3.63) is 35.4 Å². The lowest BCUT2D eigenvalue weighted by atomic mass is 10.1. The number of carbonyl (C=O) groups is 1. The van der Waals surface area contributed by atoms with E-state index in [1.165, 1.54) is 0 Å². The van der Waals surface area contributed by atoms with Crippen molar-refractivity contribution in [2.75, 3.05) is 13.6 Å². The molecule has 3 N–H and O–H groups in total. The second-order valence-corrected chi connectivity index (χ2v) is 4.72. The Morgan fingerprint density at radius 3 is 3.00 bits per heavy atom. The first-order valence-corrected chi connectivity index (χ1v) is 6.42. The number of benzene rings is 1. The average molecular weight is 248 g/mol. The van der Waals surface area contributed by atoms with Crippen molar-refractivity contribution in [3.63, 3.8) is 0 Å². The SMILES string of the molecule is CNCCCC(=O)NC1c2ccccc2CC1O. The van der Waals surface area contributed by atoms with E-state index < -0.39 is 6.10 Å². The summed E-state index contributed by atoms with van der Waals surface area (Å²) in [5.41, 5.74) is 2.18. The van der Waals surface area contributed by atoms with Gasteiger partial charge in [0.1, 0.15) is 0 Å². The Morgan fingerprint density at radius 1 is 1.44 bits per heavy atom. The first-order valence-electron chi connectivity index (χ1n) is 6.42. The van der Waals surface area contributed by atoms with Gasteiger partial charge < -0.3 is 15.7 Å². The monoisotopic (exact) mass is 248 g/mol. The van der Waals surface area contributed by atoms with Gasteiger partial charge in [-0.15, -0.1) is 0 Å². The zero-order valence-corrected chi connectivity index (χ0v) is 10.6. The molecule has 0 bridgehead atoms. The number of nitrogens with one attached hydrogen (secondary N) is 2. The number of rotatable bonds is 5. The Hall–Kier alpha value is -1.39. The third-order valence-corrected chi connectivity index (χ3v) is 3.35. The topological polar surface area (TPSA) is 61.4 Å². The largest absolute Gasteiger partial charge is 0.390 e. The molecule has 18 heavy (non-hydrogen) atoms. The summed E-state index contributed by atoms with van der Waals surface area (Å²) >= 11 is 0. The fourth-order valence-corrected chi connectivity index (χ4v) is 2.42. The van der Waals surface area contributed by atoms with Crippen LogP contribution in [0.2, 0.25) is 0 Å². The Bertz CT molecular complexity index is 420. The van der Waals surface area contributed by atoms with Gasteiger partial charge in [-0.3, -0.25) is 4.79 Å². The lowest BCUT2D eigenvalue weighted by Gasteiger charge is -2.17. The maximum atomic E-state index is 11.8. The summed E-state index contributed by atoms with van der Waals surface area (Å²) in [7, 11) is 1.87. The third kappa shape index (κ3) is 2.89. The smallest absolute Gasteiger partial charge is 0.220 e. The molecule has 98 valence electrons.